The lowest BCUT2D eigenvalue weighted by molar-refractivity contribution is 0.0592. The molecule has 15 heavy (non-hydrogen) atoms. The van der Waals surface area contributed by atoms with Crippen LogP contribution in [0.3, 0.4) is 0 Å². The lowest BCUT2D eigenvalue weighted by Crippen LogP contribution is -2.08. The molecule has 0 unspecified atom stereocenters. The number of pyridine rings is 1. The largest absolute Gasteiger partial charge is 0.464 e. The molecule has 0 atom stereocenters. The molecule has 1 aromatic rings. The van der Waals surface area contributed by atoms with E-state index < -0.39 is 18.1 Å². The molecule has 6 heteroatoms. The van der Waals surface area contributed by atoms with Crippen LogP contribution in [-0.4, -0.2) is 18.1 Å². The number of carbonyl (C=O) groups excluding carboxylic acids is 1. The molecule has 0 aliphatic carbocycles. The summed E-state index contributed by atoms with van der Waals surface area (Å²) in [7, 11) is 1.13. The van der Waals surface area contributed by atoms with Crippen LogP contribution in [0.25, 0.3) is 0 Å². The Bertz CT molecular complexity index is 396. The van der Waals surface area contributed by atoms with Gasteiger partial charge in [0.25, 0.3) is 6.43 Å². The third kappa shape index (κ3) is 2.41. The number of hydrogen-bond donors (Lipinski definition) is 0. The second kappa shape index (κ2) is 4.53. The van der Waals surface area contributed by atoms with Gasteiger partial charge in [-0.15, -0.1) is 0 Å². The molecule has 82 valence electrons. The Balaban J connectivity index is 3.29. The van der Waals surface area contributed by atoms with E-state index in [2.05, 4.69) is 9.72 Å². The topological polar surface area (TPSA) is 39.2 Å². The summed E-state index contributed by atoms with van der Waals surface area (Å²) in [5, 5.41) is 0.00347. The molecule has 1 heterocycles. The van der Waals surface area contributed by atoms with Gasteiger partial charge in [0.05, 0.1) is 12.1 Å². The molecule has 0 aromatic carbocycles. The van der Waals surface area contributed by atoms with Crippen LogP contribution in [0.1, 0.15) is 28.2 Å². The highest BCUT2D eigenvalue weighted by Crippen LogP contribution is 2.25. The fraction of sp³-hybridized carbons (Fsp3) is 0.333. The first-order valence-electron chi connectivity index (χ1n) is 4.01. The highest BCUT2D eigenvalue weighted by atomic mass is 35.5. The van der Waals surface area contributed by atoms with Gasteiger partial charge in [-0.05, 0) is 18.6 Å². The van der Waals surface area contributed by atoms with E-state index in [4.69, 9.17) is 11.6 Å². The number of ether oxygens (including phenoxy) is 1. The first-order chi connectivity index (χ1) is 6.97. The van der Waals surface area contributed by atoms with E-state index in [0.29, 0.717) is 0 Å². The molecule has 0 saturated heterocycles. The van der Waals surface area contributed by atoms with Crippen LogP contribution in [0.4, 0.5) is 8.78 Å². The van der Waals surface area contributed by atoms with Gasteiger partial charge < -0.3 is 4.74 Å². The molecule has 0 aliphatic heterocycles. The van der Waals surface area contributed by atoms with E-state index in [1.54, 1.807) is 0 Å². The minimum absolute atomic E-state index is 0.00347. The Morgan fingerprint density at radius 3 is 2.67 bits per heavy atom. The van der Waals surface area contributed by atoms with Gasteiger partial charge in [0.2, 0.25) is 0 Å². The molecule has 0 radical (unpaired) electrons. The van der Waals surface area contributed by atoms with E-state index in [1.165, 1.54) is 13.0 Å². The lowest BCUT2D eigenvalue weighted by Gasteiger charge is -2.07. The van der Waals surface area contributed by atoms with E-state index in [1.807, 2.05) is 0 Å². The third-order valence-corrected chi connectivity index (χ3v) is 2.08. The zero-order chi connectivity index (χ0) is 11.6. The fourth-order valence-electron chi connectivity index (χ4n) is 1.06. The number of nitrogens with zero attached hydrogens (tertiary/aromatic N) is 1. The van der Waals surface area contributed by atoms with Gasteiger partial charge in [0.1, 0.15) is 5.69 Å². The van der Waals surface area contributed by atoms with Crippen molar-refractivity contribution in [1.82, 2.24) is 4.98 Å². The van der Waals surface area contributed by atoms with Crippen LogP contribution in [0.5, 0.6) is 0 Å². The molecule has 1 rings (SSSR count). The second-order valence-electron chi connectivity index (χ2n) is 2.81. The van der Waals surface area contributed by atoms with Crippen molar-refractivity contribution in [2.45, 2.75) is 13.3 Å². The molecule has 0 N–H and O–H groups in total. The summed E-state index contributed by atoms with van der Waals surface area (Å²) in [6, 6.07) is 1.27. The van der Waals surface area contributed by atoms with Crippen molar-refractivity contribution in [2.24, 2.45) is 0 Å². The normalized spacial score (nSPS) is 10.5. The highest BCUT2D eigenvalue weighted by molar-refractivity contribution is 6.33. The molecular weight excluding hydrogens is 228 g/mol. The molecule has 0 fully saturated rings. The first-order valence-corrected chi connectivity index (χ1v) is 4.38. The highest BCUT2D eigenvalue weighted by Gasteiger charge is 2.19. The number of alkyl halides is 2. The number of carbonyl (C=O) groups is 1. The SMILES string of the molecule is COC(=O)c1nc(C(F)F)c(C)cc1Cl. The van der Waals surface area contributed by atoms with Gasteiger partial charge in [-0.3, -0.25) is 0 Å². The van der Waals surface area contributed by atoms with Gasteiger partial charge in [-0.25, -0.2) is 18.6 Å². The van der Waals surface area contributed by atoms with Crippen LogP contribution >= 0.6 is 11.6 Å². The molecule has 0 aliphatic rings. The third-order valence-electron chi connectivity index (χ3n) is 1.79. The standard InChI is InChI=1S/C9H8ClF2NO2/c1-4-3-5(10)7(9(14)15-2)13-6(4)8(11)12/h3,8H,1-2H3. The second-order valence-corrected chi connectivity index (χ2v) is 3.22. The van der Waals surface area contributed by atoms with Gasteiger partial charge in [0, 0.05) is 0 Å². The molecule has 3 nitrogen and oxygen atoms in total. The van der Waals surface area contributed by atoms with Crippen molar-refractivity contribution >= 4 is 17.6 Å². The predicted molar refractivity (Wildman–Crippen MR) is 50.3 cm³/mol. The summed E-state index contributed by atoms with van der Waals surface area (Å²) in [6.07, 6.45) is -2.74. The van der Waals surface area contributed by atoms with Crippen LogP contribution < -0.4 is 0 Å². The van der Waals surface area contributed by atoms with Gasteiger partial charge in [-0.1, -0.05) is 11.6 Å². The summed E-state index contributed by atoms with van der Waals surface area (Å²) >= 11 is 5.67. The molecule has 0 spiro atoms. The van der Waals surface area contributed by atoms with Crippen LogP contribution in [0, 0.1) is 6.92 Å². The van der Waals surface area contributed by atoms with Gasteiger partial charge >= 0.3 is 5.97 Å². The molecule has 1 aromatic heterocycles. The quantitative estimate of drug-likeness (QED) is 0.740. The first kappa shape index (κ1) is 11.8. The Labute approximate surface area is 90.0 Å². The molecule has 0 bridgehead atoms. The average molecular weight is 236 g/mol. The number of hydrogen-bond acceptors (Lipinski definition) is 3. The number of aromatic nitrogens is 1. The van der Waals surface area contributed by atoms with Crippen molar-refractivity contribution < 1.29 is 18.3 Å². The summed E-state index contributed by atoms with van der Waals surface area (Å²) in [5.41, 5.74) is -0.512. The molecule has 0 saturated carbocycles. The summed E-state index contributed by atoms with van der Waals surface area (Å²) in [4.78, 5) is 14.6. The van der Waals surface area contributed by atoms with Crippen molar-refractivity contribution in [1.29, 1.82) is 0 Å². The number of halogens is 3. The van der Waals surface area contributed by atoms with Crippen LogP contribution in [-0.2, 0) is 4.74 Å². The van der Waals surface area contributed by atoms with E-state index >= 15 is 0 Å². The number of rotatable bonds is 2. The lowest BCUT2D eigenvalue weighted by atomic mass is 10.2. The Kier molecular flexibility index (Phi) is 3.57. The number of esters is 1. The molecule has 0 amide bonds. The monoisotopic (exact) mass is 235 g/mol. The van der Waals surface area contributed by atoms with Crippen molar-refractivity contribution in [3.05, 3.63) is 28.0 Å². The number of aryl methyl sites for hydroxylation is 1. The summed E-state index contributed by atoms with van der Waals surface area (Å²) < 4.78 is 29.3. The maximum Gasteiger partial charge on any atom is 0.358 e. The van der Waals surface area contributed by atoms with E-state index in [9.17, 15) is 13.6 Å². The summed E-state index contributed by atoms with van der Waals surface area (Å²) in [6.45, 7) is 1.45. The van der Waals surface area contributed by atoms with Crippen molar-refractivity contribution in [3.63, 3.8) is 0 Å². The minimum Gasteiger partial charge on any atom is -0.464 e. The smallest absolute Gasteiger partial charge is 0.358 e. The Morgan fingerprint density at radius 1 is 1.60 bits per heavy atom. The number of methoxy groups -OCH3 is 1. The Hall–Kier alpha value is -1.23. The maximum absolute atomic E-state index is 12.4. The fourth-order valence-corrected chi connectivity index (χ4v) is 1.34. The van der Waals surface area contributed by atoms with Crippen molar-refractivity contribution in [3.8, 4) is 0 Å². The minimum atomic E-state index is -2.74. The zero-order valence-corrected chi connectivity index (χ0v) is 8.81. The summed E-state index contributed by atoms with van der Waals surface area (Å²) in [5.74, 6) is -0.832. The van der Waals surface area contributed by atoms with Crippen LogP contribution in [0.15, 0.2) is 6.07 Å². The average Bonchev–Trinajstić information content (AvgIpc) is 2.16. The maximum atomic E-state index is 12.4. The van der Waals surface area contributed by atoms with E-state index in [0.717, 1.165) is 7.11 Å². The molecular formula is C9H8ClF2NO2. The van der Waals surface area contributed by atoms with E-state index in [-0.39, 0.29) is 16.3 Å². The Morgan fingerprint density at radius 2 is 2.20 bits per heavy atom. The van der Waals surface area contributed by atoms with Gasteiger partial charge in [-0.2, -0.15) is 0 Å². The zero-order valence-electron chi connectivity index (χ0n) is 8.05. The van der Waals surface area contributed by atoms with Crippen molar-refractivity contribution in [2.75, 3.05) is 7.11 Å². The van der Waals surface area contributed by atoms with Gasteiger partial charge in [0.15, 0.2) is 5.69 Å². The van der Waals surface area contributed by atoms with Crippen LogP contribution in [0.2, 0.25) is 5.02 Å². The predicted octanol–water partition coefficient (Wildman–Crippen LogP) is 2.77.